The summed E-state index contributed by atoms with van der Waals surface area (Å²) < 4.78 is 1.56. The fraction of sp³-hybridized carbons (Fsp3) is 0.600. The maximum atomic E-state index is 8.92. The van der Waals surface area contributed by atoms with Gasteiger partial charge in [-0.05, 0) is 6.92 Å². The summed E-state index contributed by atoms with van der Waals surface area (Å²) in [7, 11) is 1.76. The van der Waals surface area contributed by atoms with Gasteiger partial charge in [-0.3, -0.25) is 4.68 Å². The smallest absolute Gasteiger partial charge is 0.111 e. The Balaban J connectivity index is 2.85. The summed E-state index contributed by atoms with van der Waals surface area (Å²) >= 11 is 0. The third-order valence-corrected chi connectivity index (χ3v) is 1.05. The molecule has 1 unspecified atom stereocenters. The number of hydrogen-bond acceptors (Lipinski definition) is 3. The van der Waals surface area contributed by atoms with Crippen LogP contribution in [0.4, 0.5) is 0 Å². The van der Waals surface area contributed by atoms with Crippen molar-refractivity contribution >= 4 is 0 Å². The van der Waals surface area contributed by atoms with E-state index < -0.39 is 6.10 Å². The molecule has 0 saturated heterocycles. The minimum Gasteiger partial charge on any atom is -0.387 e. The Hall–Kier alpha value is -0.900. The third kappa shape index (κ3) is 1.26. The van der Waals surface area contributed by atoms with E-state index in [1.54, 1.807) is 24.9 Å². The lowest BCUT2D eigenvalue weighted by Crippen LogP contribution is -1.89. The number of aliphatic hydroxyl groups excluding tert-OH is 1. The van der Waals surface area contributed by atoms with Crippen molar-refractivity contribution in [3.05, 3.63) is 11.9 Å². The Labute approximate surface area is 53.1 Å². The number of aryl methyl sites for hydroxylation is 1. The molecule has 4 heteroatoms. The van der Waals surface area contributed by atoms with Gasteiger partial charge in [-0.1, -0.05) is 5.21 Å². The standard InChI is InChI=1S/C5H9N3O/c1-4(9)5-3-8(2)7-6-5/h3-4,9H,1-2H3. The molecular formula is C5H9N3O. The minimum atomic E-state index is -0.515. The van der Waals surface area contributed by atoms with Crippen molar-refractivity contribution in [1.29, 1.82) is 0 Å². The molecule has 0 bridgehead atoms. The van der Waals surface area contributed by atoms with Crippen molar-refractivity contribution in [2.75, 3.05) is 0 Å². The van der Waals surface area contributed by atoms with Gasteiger partial charge < -0.3 is 5.11 Å². The van der Waals surface area contributed by atoms with Gasteiger partial charge in [0.2, 0.25) is 0 Å². The molecule has 50 valence electrons. The van der Waals surface area contributed by atoms with Crippen LogP contribution in [0.5, 0.6) is 0 Å². The highest BCUT2D eigenvalue weighted by Gasteiger charge is 2.02. The van der Waals surface area contributed by atoms with E-state index in [1.165, 1.54) is 0 Å². The molecule has 0 aliphatic rings. The molecule has 0 spiro atoms. The van der Waals surface area contributed by atoms with Crippen LogP contribution >= 0.6 is 0 Å². The molecule has 0 aliphatic carbocycles. The van der Waals surface area contributed by atoms with Crippen LogP contribution in [-0.2, 0) is 7.05 Å². The maximum Gasteiger partial charge on any atom is 0.111 e. The zero-order valence-corrected chi connectivity index (χ0v) is 5.44. The molecule has 0 saturated carbocycles. The van der Waals surface area contributed by atoms with Crippen LogP contribution in [0.1, 0.15) is 18.7 Å². The van der Waals surface area contributed by atoms with Gasteiger partial charge in [0.25, 0.3) is 0 Å². The number of nitrogens with zero attached hydrogens (tertiary/aromatic N) is 3. The fourth-order valence-corrected chi connectivity index (χ4v) is 0.557. The summed E-state index contributed by atoms with van der Waals surface area (Å²) in [4.78, 5) is 0. The van der Waals surface area contributed by atoms with Crippen LogP contribution in [-0.4, -0.2) is 20.1 Å². The van der Waals surface area contributed by atoms with Crippen LogP contribution in [0.3, 0.4) is 0 Å². The minimum absolute atomic E-state index is 0.515. The quantitative estimate of drug-likeness (QED) is 0.571. The largest absolute Gasteiger partial charge is 0.387 e. The summed E-state index contributed by atoms with van der Waals surface area (Å²) in [6, 6.07) is 0. The van der Waals surface area contributed by atoms with Crippen LogP contribution < -0.4 is 0 Å². The SMILES string of the molecule is CC(O)c1cn(C)nn1. The first-order valence-electron chi connectivity index (χ1n) is 2.74. The normalized spacial score (nSPS) is 13.7. The predicted molar refractivity (Wildman–Crippen MR) is 31.6 cm³/mol. The van der Waals surface area contributed by atoms with Crippen molar-refractivity contribution in [2.45, 2.75) is 13.0 Å². The van der Waals surface area contributed by atoms with Gasteiger partial charge >= 0.3 is 0 Å². The van der Waals surface area contributed by atoms with Crippen molar-refractivity contribution in [1.82, 2.24) is 15.0 Å². The van der Waals surface area contributed by atoms with Crippen molar-refractivity contribution in [3.8, 4) is 0 Å². The Morgan fingerprint density at radius 2 is 2.44 bits per heavy atom. The highest BCUT2D eigenvalue weighted by molar-refractivity contribution is 4.94. The van der Waals surface area contributed by atoms with Gasteiger partial charge in [-0.15, -0.1) is 5.10 Å². The molecule has 4 nitrogen and oxygen atoms in total. The number of hydrogen-bond donors (Lipinski definition) is 1. The second kappa shape index (κ2) is 2.14. The van der Waals surface area contributed by atoms with Crippen molar-refractivity contribution in [2.24, 2.45) is 7.05 Å². The zero-order chi connectivity index (χ0) is 6.85. The molecule has 0 fully saturated rings. The predicted octanol–water partition coefficient (Wildman–Crippen LogP) is -0.132. The van der Waals surface area contributed by atoms with E-state index in [1.807, 2.05) is 0 Å². The highest BCUT2D eigenvalue weighted by atomic mass is 16.3. The van der Waals surface area contributed by atoms with Gasteiger partial charge in [-0.25, -0.2) is 0 Å². The van der Waals surface area contributed by atoms with Crippen LogP contribution in [0.15, 0.2) is 6.20 Å². The average molecular weight is 127 g/mol. The fourth-order valence-electron chi connectivity index (χ4n) is 0.557. The van der Waals surface area contributed by atoms with Gasteiger partial charge in [-0.2, -0.15) is 0 Å². The zero-order valence-electron chi connectivity index (χ0n) is 5.44. The van der Waals surface area contributed by atoms with Crippen molar-refractivity contribution in [3.63, 3.8) is 0 Å². The lowest BCUT2D eigenvalue weighted by atomic mass is 10.3. The molecule has 0 aromatic carbocycles. The van der Waals surface area contributed by atoms with Crippen molar-refractivity contribution < 1.29 is 5.11 Å². The highest BCUT2D eigenvalue weighted by Crippen LogP contribution is 2.04. The Morgan fingerprint density at radius 1 is 1.78 bits per heavy atom. The molecule has 1 aromatic heterocycles. The first kappa shape index (κ1) is 6.22. The van der Waals surface area contributed by atoms with Gasteiger partial charge in [0.15, 0.2) is 0 Å². The molecule has 0 amide bonds. The number of aromatic nitrogens is 3. The monoisotopic (exact) mass is 127 g/mol. The summed E-state index contributed by atoms with van der Waals surface area (Å²) in [6.07, 6.45) is 1.17. The summed E-state index contributed by atoms with van der Waals surface area (Å²) in [5.41, 5.74) is 0.609. The van der Waals surface area contributed by atoms with Crippen LogP contribution in [0.25, 0.3) is 0 Å². The van der Waals surface area contributed by atoms with E-state index in [0.717, 1.165) is 0 Å². The third-order valence-electron chi connectivity index (χ3n) is 1.05. The molecule has 1 heterocycles. The van der Waals surface area contributed by atoms with Gasteiger partial charge in [0, 0.05) is 7.05 Å². The lowest BCUT2D eigenvalue weighted by molar-refractivity contribution is 0.194. The van der Waals surface area contributed by atoms with E-state index in [0.29, 0.717) is 5.69 Å². The molecule has 1 N–H and O–H groups in total. The molecule has 1 atom stereocenters. The topological polar surface area (TPSA) is 50.9 Å². The van der Waals surface area contributed by atoms with Gasteiger partial charge in [0.05, 0.1) is 12.3 Å². The number of aliphatic hydroxyl groups is 1. The first-order chi connectivity index (χ1) is 4.20. The van der Waals surface area contributed by atoms with Crippen LogP contribution in [0, 0.1) is 0 Å². The molecule has 9 heavy (non-hydrogen) atoms. The van der Waals surface area contributed by atoms with Crippen LogP contribution in [0.2, 0.25) is 0 Å². The molecule has 0 aliphatic heterocycles. The van der Waals surface area contributed by atoms with E-state index in [2.05, 4.69) is 10.3 Å². The second-order valence-corrected chi connectivity index (χ2v) is 1.99. The molecule has 1 rings (SSSR count). The van der Waals surface area contributed by atoms with Gasteiger partial charge in [0.1, 0.15) is 5.69 Å². The molecule has 1 aromatic rings. The van der Waals surface area contributed by atoms with E-state index in [-0.39, 0.29) is 0 Å². The average Bonchev–Trinajstić information content (AvgIpc) is 2.14. The maximum absolute atomic E-state index is 8.92. The second-order valence-electron chi connectivity index (χ2n) is 1.99. The van der Waals surface area contributed by atoms with E-state index >= 15 is 0 Å². The van der Waals surface area contributed by atoms with E-state index in [4.69, 9.17) is 5.11 Å². The Kier molecular flexibility index (Phi) is 1.48. The Morgan fingerprint density at radius 3 is 2.67 bits per heavy atom. The Bertz CT molecular complexity index is 194. The lowest BCUT2D eigenvalue weighted by Gasteiger charge is -1.92. The summed E-state index contributed by atoms with van der Waals surface area (Å²) in [5, 5.41) is 16.2. The first-order valence-corrected chi connectivity index (χ1v) is 2.74. The molecule has 0 radical (unpaired) electrons. The molecular weight excluding hydrogens is 118 g/mol. The number of rotatable bonds is 1. The summed E-state index contributed by atoms with van der Waals surface area (Å²) in [6.45, 7) is 1.66. The summed E-state index contributed by atoms with van der Waals surface area (Å²) in [5.74, 6) is 0. The van der Waals surface area contributed by atoms with E-state index in [9.17, 15) is 0 Å².